The first-order valence-corrected chi connectivity index (χ1v) is 6.01. The summed E-state index contributed by atoms with van der Waals surface area (Å²) in [5.74, 6) is -0.984. The monoisotopic (exact) mass is 258 g/mol. The summed E-state index contributed by atoms with van der Waals surface area (Å²) in [6, 6.07) is 0. The van der Waals surface area contributed by atoms with Crippen molar-refractivity contribution < 1.29 is 23.9 Å². The number of carbonyl (C=O) groups excluding carboxylic acids is 3. The van der Waals surface area contributed by atoms with Crippen molar-refractivity contribution >= 4 is 17.7 Å². The first kappa shape index (κ1) is 16.6. The fourth-order valence-electron chi connectivity index (χ4n) is 1.19. The molecule has 1 atom stereocenters. The average molecular weight is 258 g/mol. The first-order valence-electron chi connectivity index (χ1n) is 6.01. The van der Waals surface area contributed by atoms with Crippen molar-refractivity contribution in [1.82, 2.24) is 0 Å². The molecule has 104 valence electrons. The molecule has 0 aromatic heterocycles. The van der Waals surface area contributed by atoms with Gasteiger partial charge in [0, 0.05) is 18.8 Å². The zero-order chi connectivity index (χ0) is 14.3. The molecular weight excluding hydrogens is 236 g/mol. The zero-order valence-corrected chi connectivity index (χ0v) is 11.7. The van der Waals surface area contributed by atoms with Gasteiger partial charge in [-0.15, -0.1) is 0 Å². The number of Topliss-reactive ketones (excluding diaryl/α,β-unsaturated/α-hetero) is 1. The third-order valence-corrected chi connectivity index (χ3v) is 2.30. The number of rotatable bonds is 6. The summed E-state index contributed by atoms with van der Waals surface area (Å²) in [5.41, 5.74) is -0.366. The summed E-state index contributed by atoms with van der Waals surface area (Å²) in [4.78, 5) is 33.5. The normalized spacial score (nSPS) is 12.7. The number of hydrogen-bond acceptors (Lipinski definition) is 5. The van der Waals surface area contributed by atoms with Gasteiger partial charge in [0.1, 0.15) is 5.78 Å². The van der Waals surface area contributed by atoms with E-state index in [1.807, 2.05) is 20.8 Å². The minimum absolute atomic E-state index is 0.131. The molecule has 0 heterocycles. The van der Waals surface area contributed by atoms with Gasteiger partial charge < -0.3 is 9.47 Å². The maximum atomic E-state index is 11.6. The van der Waals surface area contributed by atoms with Crippen LogP contribution in [0.5, 0.6) is 0 Å². The van der Waals surface area contributed by atoms with E-state index in [0.717, 1.165) is 0 Å². The molecule has 0 aromatic rings. The minimum atomic E-state index is -0.902. The second-order valence-electron chi connectivity index (χ2n) is 5.20. The third kappa shape index (κ3) is 7.04. The van der Waals surface area contributed by atoms with E-state index in [2.05, 4.69) is 4.74 Å². The van der Waals surface area contributed by atoms with Gasteiger partial charge in [0.05, 0.1) is 6.61 Å². The molecule has 0 radical (unpaired) electrons. The SMILES string of the molecule is CC(=O)OC(C)C(=O)OCCCC(=O)C(C)(C)C. The van der Waals surface area contributed by atoms with Crippen molar-refractivity contribution in [3.8, 4) is 0 Å². The number of ether oxygens (including phenoxy) is 2. The van der Waals surface area contributed by atoms with Gasteiger partial charge in [-0.3, -0.25) is 9.59 Å². The van der Waals surface area contributed by atoms with Crippen molar-refractivity contribution in [2.75, 3.05) is 6.61 Å². The summed E-state index contributed by atoms with van der Waals surface area (Å²) >= 11 is 0. The molecule has 0 saturated heterocycles. The van der Waals surface area contributed by atoms with Gasteiger partial charge in [0.15, 0.2) is 6.10 Å². The Bertz CT molecular complexity index is 314. The van der Waals surface area contributed by atoms with Crippen molar-refractivity contribution in [2.24, 2.45) is 5.41 Å². The van der Waals surface area contributed by atoms with Crippen LogP contribution in [0.25, 0.3) is 0 Å². The Morgan fingerprint density at radius 1 is 1.17 bits per heavy atom. The molecule has 0 N–H and O–H groups in total. The third-order valence-electron chi connectivity index (χ3n) is 2.30. The summed E-state index contributed by atoms with van der Waals surface area (Å²) in [7, 11) is 0. The van der Waals surface area contributed by atoms with E-state index in [1.165, 1.54) is 13.8 Å². The van der Waals surface area contributed by atoms with Crippen LogP contribution >= 0.6 is 0 Å². The molecule has 1 unspecified atom stereocenters. The van der Waals surface area contributed by atoms with E-state index in [1.54, 1.807) is 0 Å². The molecule has 5 heteroatoms. The zero-order valence-electron chi connectivity index (χ0n) is 11.7. The molecule has 0 spiro atoms. The van der Waals surface area contributed by atoms with Gasteiger partial charge in [-0.1, -0.05) is 20.8 Å². The lowest BCUT2D eigenvalue weighted by molar-refractivity contribution is -0.165. The lowest BCUT2D eigenvalue weighted by Gasteiger charge is -2.16. The van der Waals surface area contributed by atoms with Gasteiger partial charge in [-0.2, -0.15) is 0 Å². The van der Waals surface area contributed by atoms with Crippen LogP contribution in [0.2, 0.25) is 0 Å². The Kier molecular flexibility index (Phi) is 6.58. The van der Waals surface area contributed by atoms with Crippen LogP contribution in [-0.2, 0) is 23.9 Å². The highest BCUT2D eigenvalue weighted by Gasteiger charge is 2.21. The van der Waals surface area contributed by atoms with Crippen LogP contribution in [0.4, 0.5) is 0 Å². The Morgan fingerprint density at radius 2 is 1.72 bits per heavy atom. The molecule has 0 bridgehead atoms. The molecule has 0 aliphatic carbocycles. The van der Waals surface area contributed by atoms with Gasteiger partial charge in [-0.05, 0) is 13.3 Å². The van der Waals surface area contributed by atoms with E-state index in [9.17, 15) is 14.4 Å². The quantitative estimate of drug-likeness (QED) is 0.537. The Morgan fingerprint density at radius 3 is 2.17 bits per heavy atom. The Balaban J connectivity index is 3.82. The van der Waals surface area contributed by atoms with E-state index >= 15 is 0 Å². The van der Waals surface area contributed by atoms with E-state index in [-0.39, 0.29) is 17.8 Å². The van der Waals surface area contributed by atoms with Crippen molar-refractivity contribution in [3.05, 3.63) is 0 Å². The molecular formula is C13H22O5. The summed E-state index contributed by atoms with van der Waals surface area (Å²) in [6.45, 7) is 8.39. The lowest BCUT2D eigenvalue weighted by Crippen LogP contribution is -2.26. The first-order chi connectivity index (χ1) is 8.14. The molecule has 0 rings (SSSR count). The van der Waals surface area contributed by atoms with Gasteiger partial charge in [-0.25, -0.2) is 4.79 Å². The van der Waals surface area contributed by atoms with Crippen molar-refractivity contribution in [1.29, 1.82) is 0 Å². The molecule has 0 aliphatic heterocycles. The van der Waals surface area contributed by atoms with Crippen LogP contribution in [0, 0.1) is 5.41 Å². The number of hydrogen-bond donors (Lipinski definition) is 0. The second kappa shape index (κ2) is 7.13. The Labute approximate surface area is 108 Å². The Hall–Kier alpha value is -1.39. The predicted molar refractivity (Wildman–Crippen MR) is 65.9 cm³/mol. The smallest absolute Gasteiger partial charge is 0.347 e. The van der Waals surface area contributed by atoms with Crippen LogP contribution in [0.15, 0.2) is 0 Å². The molecule has 0 aliphatic rings. The molecule has 18 heavy (non-hydrogen) atoms. The second-order valence-corrected chi connectivity index (χ2v) is 5.20. The van der Waals surface area contributed by atoms with Gasteiger partial charge in [0.25, 0.3) is 0 Å². The van der Waals surface area contributed by atoms with E-state index < -0.39 is 18.0 Å². The molecule has 0 aromatic carbocycles. The molecule has 0 saturated carbocycles. The molecule has 0 fully saturated rings. The number of ketones is 1. The minimum Gasteiger partial charge on any atom is -0.463 e. The number of carbonyl (C=O) groups is 3. The lowest BCUT2D eigenvalue weighted by atomic mass is 9.88. The largest absolute Gasteiger partial charge is 0.463 e. The fraction of sp³-hybridized carbons (Fsp3) is 0.769. The fourth-order valence-corrected chi connectivity index (χ4v) is 1.19. The standard InChI is InChI=1S/C13H22O5/c1-9(18-10(2)14)12(16)17-8-6-7-11(15)13(3,4)5/h9H,6-8H2,1-5H3. The summed E-state index contributed by atoms with van der Waals surface area (Å²) < 4.78 is 9.56. The van der Waals surface area contributed by atoms with Crippen molar-refractivity contribution in [2.45, 2.75) is 53.6 Å². The highest BCUT2D eigenvalue weighted by molar-refractivity contribution is 5.83. The average Bonchev–Trinajstić information content (AvgIpc) is 2.21. The maximum absolute atomic E-state index is 11.6. The van der Waals surface area contributed by atoms with Crippen molar-refractivity contribution in [3.63, 3.8) is 0 Å². The number of esters is 2. The predicted octanol–water partition coefficient (Wildman–Crippen LogP) is 1.88. The van der Waals surface area contributed by atoms with E-state index in [4.69, 9.17) is 4.74 Å². The van der Waals surface area contributed by atoms with Gasteiger partial charge >= 0.3 is 11.9 Å². The summed E-state index contributed by atoms with van der Waals surface area (Å²) in [6.07, 6.45) is -0.0475. The molecule has 0 amide bonds. The van der Waals surface area contributed by atoms with Crippen LogP contribution in [-0.4, -0.2) is 30.4 Å². The highest BCUT2D eigenvalue weighted by Crippen LogP contribution is 2.17. The van der Waals surface area contributed by atoms with Crippen LogP contribution < -0.4 is 0 Å². The maximum Gasteiger partial charge on any atom is 0.347 e. The van der Waals surface area contributed by atoms with Crippen LogP contribution in [0.1, 0.15) is 47.5 Å². The molecule has 5 nitrogen and oxygen atoms in total. The summed E-state index contributed by atoms with van der Waals surface area (Å²) in [5, 5.41) is 0. The van der Waals surface area contributed by atoms with Crippen LogP contribution in [0.3, 0.4) is 0 Å². The van der Waals surface area contributed by atoms with Gasteiger partial charge in [0.2, 0.25) is 0 Å². The highest BCUT2D eigenvalue weighted by atomic mass is 16.6. The topological polar surface area (TPSA) is 69.7 Å². The van der Waals surface area contributed by atoms with E-state index in [0.29, 0.717) is 12.8 Å².